The van der Waals surface area contributed by atoms with Crippen molar-refractivity contribution in [3.05, 3.63) is 106 Å². The number of hydrogen-bond acceptors (Lipinski definition) is 5. The van der Waals surface area contributed by atoms with Crippen LogP contribution in [0.4, 0.5) is 0 Å². The second-order valence-corrected chi connectivity index (χ2v) is 8.44. The summed E-state index contributed by atoms with van der Waals surface area (Å²) in [5, 5.41) is 0.408. The van der Waals surface area contributed by atoms with Gasteiger partial charge in [0, 0.05) is 5.56 Å². The molecule has 0 aliphatic carbocycles. The van der Waals surface area contributed by atoms with Crippen LogP contribution in [0.25, 0.3) is 28.2 Å². The summed E-state index contributed by atoms with van der Waals surface area (Å²) < 4.78 is 8.46. The fraction of sp³-hybridized carbons (Fsp3) is 0.111. The number of fused-ring (bicyclic) bond motifs is 1. The molecule has 1 amide bonds. The van der Waals surface area contributed by atoms with Gasteiger partial charge in [0.25, 0.3) is 5.91 Å². The van der Waals surface area contributed by atoms with E-state index < -0.39 is 5.91 Å². The molecule has 0 aliphatic rings. The number of rotatable bonds is 7. The lowest BCUT2D eigenvalue weighted by Crippen LogP contribution is -2.24. The van der Waals surface area contributed by atoms with Gasteiger partial charge in [-0.2, -0.15) is 0 Å². The molecule has 0 atom stereocenters. The highest BCUT2D eigenvalue weighted by atomic mass is 35.5. The van der Waals surface area contributed by atoms with Gasteiger partial charge in [0.1, 0.15) is 11.3 Å². The van der Waals surface area contributed by atoms with Crippen molar-refractivity contribution in [2.24, 2.45) is 5.73 Å². The van der Waals surface area contributed by atoms with Gasteiger partial charge < -0.3 is 10.5 Å². The Labute approximate surface area is 211 Å². The van der Waals surface area contributed by atoms with Crippen molar-refractivity contribution < 1.29 is 9.53 Å². The van der Waals surface area contributed by atoms with E-state index >= 15 is 0 Å². The van der Waals surface area contributed by atoms with Crippen LogP contribution in [-0.2, 0) is 6.54 Å². The SMILES string of the molecule is CCOc1ccc(-n2c(=O)n(Cc3ccccc3)c3c(C(N)=O)nc(-c4ccccc4Cl)nc32)cc1. The fourth-order valence-corrected chi connectivity index (χ4v) is 4.31. The van der Waals surface area contributed by atoms with Crippen LogP contribution in [-0.4, -0.2) is 31.6 Å². The van der Waals surface area contributed by atoms with Crippen LogP contribution in [0.2, 0.25) is 5.02 Å². The monoisotopic (exact) mass is 499 g/mol. The van der Waals surface area contributed by atoms with Crippen molar-refractivity contribution in [1.82, 2.24) is 19.1 Å². The molecular weight excluding hydrogens is 478 g/mol. The molecule has 0 fully saturated rings. The smallest absolute Gasteiger partial charge is 0.335 e. The Kier molecular flexibility index (Phi) is 6.26. The number of halogens is 1. The van der Waals surface area contributed by atoms with Gasteiger partial charge in [-0.3, -0.25) is 9.36 Å². The van der Waals surface area contributed by atoms with E-state index in [1.807, 2.05) is 37.3 Å². The Balaban J connectivity index is 1.83. The van der Waals surface area contributed by atoms with Crippen LogP contribution in [0.15, 0.2) is 83.7 Å². The van der Waals surface area contributed by atoms with E-state index in [0.29, 0.717) is 28.6 Å². The first kappa shape index (κ1) is 23.3. The minimum absolute atomic E-state index is 0.0624. The van der Waals surface area contributed by atoms with Gasteiger partial charge in [0.2, 0.25) is 0 Å². The molecule has 0 saturated heterocycles. The van der Waals surface area contributed by atoms with E-state index in [2.05, 4.69) is 4.98 Å². The standard InChI is InChI=1S/C27H22ClN5O3/c1-2-36-19-14-12-18(13-15-19)33-26-23(32(27(33)35)16-17-8-4-3-5-9-17)22(24(29)34)30-25(31-26)20-10-6-7-11-21(20)28/h3-15H,2,16H2,1H3,(H2,29,34). The Morgan fingerprint density at radius 1 is 0.972 bits per heavy atom. The van der Waals surface area contributed by atoms with Gasteiger partial charge >= 0.3 is 5.69 Å². The average Bonchev–Trinajstić information content (AvgIpc) is 3.16. The van der Waals surface area contributed by atoms with E-state index in [4.69, 9.17) is 27.1 Å². The molecule has 0 bridgehead atoms. The first-order valence-corrected chi connectivity index (χ1v) is 11.7. The van der Waals surface area contributed by atoms with Crippen LogP contribution in [0.5, 0.6) is 5.75 Å². The topological polar surface area (TPSA) is 105 Å². The predicted molar refractivity (Wildman–Crippen MR) is 139 cm³/mol. The van der Waals surface area contributed by atoms with Crippen LogP contribution in [0, 0.1) is 0 Å². The summed E-state index contributed by atoms with van der Waals surface area (Å²) in [6.07, 6.45) is 0. The van der Waals surface area contributed by atoms with Crippen LogP contribution in [0.3, 0.4) is 0 Å². The van der Waals surface area contributed by atoms with Crippen molar-refractivity contribution in [2.45, 2.75) is 13.5 Å². The summed E-state index contributed by atoms with van der Waals surface area (Å²) in [5.41, 5.74) is 7.77. The van der Waals surface area contributed by atoms with E-state index in [0.717, 1.165) is 5.56 Å². The Bertz CT molecular complexity index is 1630. The summed E-state index contributed by atoms with van der Waals surface area (Å²) in [6, 6.07) is 23.6. The third-order valence-electron chi connectivity index (χ3n) is 5.71. The average molecular weight is 500 g/mol. The number of carbonyl (C=O) groups excluding carboxylic acids is 1. The van der Waals surface area contributed by atoms with Crippen molar-refractivity contribution in [1.29, 1.82) is 0 Å². The van der Waals surface area contributed by atoms with Crippen molar-refractivity contribution in [3.63, 3.8) is 0 Å². The van der Waals surface area contributed by atoms with Gasteiger partial charge in [-0.15, -0.1) is 0 Å². The lowest BCUT2D eigenvalue weighted by Gasteiger charge is -2.09. The number of nitrogens with two attached hydrogens (primary N) is 1. The molecule has 9 heteroatoms. The maximum atomic E-state index is 13.8. The molecule has 2 aromatic heterocycles. The zero-order chi connectivity index (χ0) is 25.2. The van der Waals surface area contributed by atoms with Crippen molar-refractivity contribution in [3.8, 4) is 22.8 Å². The largest absolute Gasteiger partial charge is 0.494 e. The maximum Gasteiger partial charge on any atom is 0.335 e. The molecule has 0 spiro atoms. The van der Waals surface area contributed by atoms with Crippen molar-refractivity contribution in [2.75, 3.05) is 6.61 Å². The molecule has 180 valence electrons. The first-order chi connectivity index (χ1) is 17.5. The van der Waals surface area contributed by atoms with Crippen molar-refractivity contribution >= 4 is 28.7 Å². The Morgan fingerprint density at radius 3 is 2.33 bits per heavy atom. The minimum Gasteiger partial charge on any atom is -0.494 e. The summed E-state index contributed by atoms with van der Waals surface area (Å²) >= 11 is 6.41. The third kappa shape index (κ3) is 4.23. The van der Waals surface area contributed by atoms with Crippen LogP contribution in [0.1, 0.15) is 23.0 Å². The zero-order valence-corrected chi connectivity index (χ0v) is 20.1. The quantitative estimate of drug-likeness (QED) is 0.356. The van der Waals surface area contributed by atoms with Crippen LogP contribution >= 0.6 is 11.6 Å². The normalized spacial score (nSPS) is 11.1. The number of imidazole rings is 1. The number of primary amides is 1. The Hall–Kier alpha value is -4.43. The molecule has 0 radical (unpaired) electrons. The highest BCUT2D eigenvalue weighted by Crippen LogP contribution is 2.28. The van der Waals surface area contributed by atoms with E-state index in [-0.39, 0.29) is 34.9 Å². The summed E-state index contributed by atoms with van der Waals surface area (Å²) in [6.45, 7) is 2.62. The lowest BCUT2D eigenvalue weighted by molar-refractivity contribution is 0.0997. The second-order valence-electron chi connectivity index (χ2n) is 8.03. The number of benzene rings is 3. The summed E-state index contributed by atoms with van der Waals surface area (Å²) in [5.74, 6) is 0.0892. The van der Waals surface area contributed by atoms with E-state index in [1.54, 1.807) is 48.5 Å². The van der Waals surface area contributed by atoms with Crippen LogP contribution < -0.4 is 16.2 Å². The predicted octanol–water partition coefficient (Wildman–Crippen LogP) is 4.45. The number of ether oxygens (including phenoxy) is 1. The minimum atomic E-state index is -0.777. The Morgan fingerprint density at radius 2 is 1.67 bits per heavy atom. The van der Waals surface area contributed by atoms with Gasteiger partial charge in [-0.1, -0.05) is 54.1 Å². The first-order valence-electron chi connectivity index (χ1n) is 11.3. The molecule has 0 aliphatic heterocycles. The highest BCUT2D eigenvalue weighted by Gasteiger charge is 2.25. The molecule has 0 unspecified atom stereocenters. The molecule has 2 N–H and O–H groups in total. The number of carbonyl (C=O) groups is 1. The summed E-state index contributed by atoms with van der Waals surface area (Å²) in [7, 11) is 0. The van der Waals surface area contributed by atoms with Gasteiger partial charge in [0.05, 0.1) is 23.9 Å². The third-order valence-corrected chi connectivity index (χ3v) is 6.04. The van der Waals surface area contributed by atoms with Gasteiger partial charge in [-0.25, -0.2) is 19.3 Å². The molecule has 0 saturated carbocycles. The molecule has 2 heterocycles. The number of aromatic nitrogens is 4. The van der Waals surface area contributed by atoms with Gasteiger partial charge in [0.15, 0.2) is 17.2 Å². The highest BCUT2D eigenvalue weighted by molar-refractivity contribution is 6.33. The number of amides is 1. The molecule has 8 nitrogen and oxygen atoms in total. The molecular formula is C27H22ClN5O3. The molecule has 36 heavy (non-hydrogen) atoms. The van der Waals surface area contributed by atoms with E-state index in [9.17, 15) is 9.59 Å². The number of nitrogens with zero attached hydrogens (tertiary/aromatic N) is 4. The van der Waals surface area contributed by atoms with E-state index in [1.165, 1.54) is 9.13 Å². The maximum absolute atomic E-state index is 13.8. The van der Waals surface area contributed by atoms with Gasteiger partial charge in [-0.05, 0) is 48.9 Å². The molecule has 5 rings (SSSR count). The summed E-state index contributed by atoms with van der Waals surface area (Å²) in [4.78, 5) is 35.6. The lowest BCUT2D eigenvalue weighted by atomic mass is 10.2. The zero-order valence-electron chi connectivity index (χ0n) is 19.4. The molecule has 3 aromatic carbocycles. The fourth-order valence-electron chi connectivity index (χ4n) is 4.09. The number of hydrogen-bond donors (Lipinski definition) is 1. The molecule has 5 aromatic rings. The second kappa shape index (κ2) is 9.67.